The first-order chi connectivity index (χ1) is 10.8. The van der Waals surface area contributed by atoms with E-state index in [1.165, 1.54) is 5.56 Å². The molecule has 1 heterocycles. The predicted molar refractivity (Wildman–Crippen MR) is 100 cm³/mol. The van der Waals surface area contributed by atoms with Gasteiger partial charge in [-0.3, -0.25) is 9.69 Å². The number of carbonyl (C=O) groups excluding carboxylic acids is 1. The van der Waals surface area contributed by atoms with Gasteiger partial charge in [0.05, 0.1) is 13.7 Å². The standard InChI is InChI=1S/C17H25N3O2.2ClH/c1-22-16-6-2-14(3-7-16)12-20(15-4-5-15)17(21)13-19-10-8-18-9-11-19;;/h2-3,6-7,15,18H,4-5,8-13H2,1H3;2*1H. The van der Waals surface area contributed by atoms with Crippen molar-refractivity contribution in [1.82, 2.24) is 15.1 Å². The first kappa shape index (κ1) is 21.0. The van der Waals surface area contributed by atoms with Gasteiger partial charge in [0.15, 0.2) is 0 Å². The summed E-state index contributed by atoms with van der Waals surface area (Å²) in [7, 11) is 1.67. The van der Waals surface area contributed by atoms with E-state index in [-0.39, 0.29) is 30.7 Å². The molecule has 1 saturated heterocycles. The van der Waals surface area contributed by atoms with E-state index in [2.05, 4.69) is 15.1 Å². The van der Waals surface area contributed by atoms with E-state index in [4.69, 9.17) is 4.74 Å². The molecule has 0 bridgehead atoms. The highest BCUT2D eigenvalue weighted by molar-refractivity contribution is 5.85. The van der Waals surface area contributed by atoms with E-state index in [0.717, 1.165) is 44.8 Å². The number of amides is 1. The number of carbonyl (C=O) groups is 1. The molecule has 2 aliphatic rings. The molecule has 3 rings (SSSR count). The third-order valence-electron chi connectivity index (χ3n) is 4.39. The van der Waals surface area contributed by atoms with Crippen molar-refractivity contribution in [3.05, 3.63) is 29.8 Å². The molecule has 1 aromatic rings. The normalized spacial score (nSPS) is 17.4. The Kier molecular flexibility index (Phi) is 8.84. The van der Waals surface area contributed by atoms with Gasteiger partial charge < -0.3 is 15.0 Å². The van der Waals surface area contributed by atoms with Gasteiger partial charge in [-0.2, -0.15) is 0 Å². The summed E-state index contributed by atoms with van der Waals surface area (Å²) in [5, 5.41) is 3.32. The number of nitrogens with zero attached hydrogens (tertiary/aromatic N) is 2. The Bertz CT molecular complexity index is 503. The minimum atomic E-state index is 0. The zero-order chi connectivity index (χ0) is 15.4. The van der Waals surface area contributed by atoms with Crippen LogP contribution in [0.3, 0.4) is 0 Å². The van der Waals surface area contributed by atoms with Gasteiger partial charge in [-0.1, -0.05) is 12.1 Å². The lowest BCUT2D eigenvalue weighted by molar-refractivity contribution is -0.133. The van der Waals surface area contributed by atoms with Crippen molar-refractivity contribution in [3.63, 3.8) is 0 Å². The molecule has 2 fully saturated rings. The van der Waals surface area contributed by atoms with Gasteiger partial charge >= 0.3 is 0 Å². The predicted octanol–water partition coefficient (Wildman–Crippen LogP) is 1.94. The molecule has 0 unspecified atom stereocenters. The van der Waals surface area contributed by atoms with Gasteiger partial charge in [0.25, 0.3) is 0 Å². The maximum absolute atomic E-state index is 12.7. The second kappa shape index (κ2) is 10.1. The molecule has 1 aliphatic heterocycles. The van der Waals surface area contributed by atoms with Crippen LogP contribution in [0, 0.1) is 0 Å². The van der Waals surface area contributed by atoms with Crippen molar-refractivity contribution < 1.29 is 9.53 Å². The van der Waals surface area contributed by atoms with Crippen molar-refractivity contribution in [2.24, 2.45) is 0 Å². The fourth-order valence-electron chi connectivity index (χ4n) is 2.89. The summed E-state index contributed by atoms with van der Waals surface area (Å²) in [4.78, 5) is 17.0. The van der Waals surface area contributed by atoms with E-state index < -0.39 is 0 Å². The summed E-state index contributed by atoms with van der Waals surface area (Å²) >= 11 is 0. The Hall–Kier alpha value is -1.01. The zero-order valence-corrected chi connectivity index (χ0v) is 15.7. The van der Waals surface area contributed by atoms with E-state index in [1.807, 2.05) is 24.3 Å². The van der Waals surface area contributed by atoms with Crippen LogP contribution in [0.5, 0.6) is 5.75 Å². The highest BCUT2D eigenvalue weighted by Crippen LogP contribution is 2.29. The number of nitrogens with one attached hydrogen (secondary N) is 1. The number of rotatable bonds is 6. The molecule has 1 saturated carbocycles. The first-order valence-corrected chi connectivity index (χ1v) is 8.12. The molecule has 0 spiro atoms. The van der Waals surface area contributed by atoms with Crippen LogP contribution in [0.15, 0.2) is 24.3 Å². The minimum Gasteiger partial charge on any atom is -0.497 e. The van der Waals surface area contributed by atoms with Gasteiger partial charge in [-0.15, -0.1) is 24.8 Å². The minimum absolute atomic E-state index is 0. The summed E-state index contributed by atoms with van der Waals surface area (Å²) in [6, 6.07) is 8.46. The number of benzene rings is 1. The molecule has 136 valence electrons. The topological polar surface area (TPSA) is 44.8 Å². The quantitative estimate of drug-likeness (QED) is 0.824. The summed E-state index contributed by atoms with van der Waals surface area (Å²) in [5.74, 6) is 1.12. The molecule has 0 radical (unpaired) electrons. The van der Waals surface area contributed by atoms with Gasteiger partial charge in [-0.05, 0) is 30.5 Å². The summed E-state index contributed by atoms with van der Waals surface area (Å²) in [5.41, 5.74) is 1.17. The fourth-order valence-corrected chi connectivity index (χ4v) is 2.89. The van der Waals surface area contributed by atoms with Crippen molar-refractivity contribution >= 4 is 30.7 Å². The van der Waals surface area contributed by atoms with E-state index >= 15 is 0 Å². The van der Waals surface area contributed by atoms with Gasteiger partial charge in [0.2, 0.25) is 5.91 Å². The van der Waals surface area contributed by atoms with E-state index in [1.54, 1.807) is 7.11 Å². The number of ether oxygens (including phenoxy) is 1. The molecular weight excluding hydrogens is 349 g/mol. The number of halogens is 2. The highest BCUT2D eigenvalue weighted by atomic mass is 35.5. The molecule has 1 N–H and O–H groups in total. The van der Waals surface area contributed by atoms with Gasteiger partial charge in [0.1, 0.15) is 5.75 Å². The second-order valence-electron chi connectivity index (χ2n) is 6.13. The Balaban J connectivity index is 0.00000144. The molecule has 24 heavy (non-hydrogen) atoms. The first-order valence-electron chi connectivity index (χ1n) is 8.12. The molecule has 0 aromatic heterocycles. The molecular formula is C17H27Cl2N3O2. The summed E-state index contributed by atoms with van der Waals surface area (Å²) < 4.78 is 5.19. The Morgan fingerprint density at radius 1 is 1.21 bits per heavy atom. The largest absolute Gasteiger partial charge is 0.497 e. The van der Waals surface area contributed by atoms with Gasteiger partial charge in [-0.25, -0.2) is 0 Å². The number of hydrogen-bond acceptors (Lipinski definition) is 4. The molecule has 7 heteroatoms. The third-order valence-corrected chi connectivity index (χ3v) is 4.39. The zero-order valence-electron chi connectivity index (χ0n) is 14.1. The lowest BCUT2D eigenvalue weighted by Gasteiger charge is -2.30. The fraction of sp³-hybridized carbons (Fsp3) is 0.588. The number of methoxy groups -OCH3 is 1. The lowest BCUT2D eigenvalue weighted by Crippen LogP contribution is -2.48. The van der Waals surface area contributed by atoms with Crippen molar-refractivity contribution in [3.8, 4) is 5.75 Å². The monoisotopic (exact) mass is 375 g/mol. The SMILES string of the molecule is COc1ccc(CN(C(=O)CN2CCNCC2)C2CC2)cc1.Cl.Cl. The average Bonchev–Trinajstić information content (AvgIpc) is 3.39. The highest BCUT2D eigenvalue weighted by Gasteiger charge is 2.33. The van der Waals surface area contributed by atoms with Crippen LogP contribution in [0.1, 0.15) is 18.4 Å². The van der Waals surface area contributed by atoms with Crippen LogP contribution in [0.4, 0.5) is 0 Å². The smallest absolute Gasteiger partial charge is 0.237 e. The summed E-state index contributed by atoms with van der Waals surface area (Å²) in [6.07, 6.45) is 2.28. The van der Waals surface area contributed by atoms with Crippen LogP contribution < -0.4 is 10.1 Å². The van der Waals surface area contributed by atoms with Crippen LogP contribution in [-0.2, 0) is 11.3 Å². The van der Waals surface area contributed by atoms with Crippen molar-refractivity contribution in [1.29, 1.82) is 0 Å². The average molecular weight is 376 g/mol. The van der Waals surface area contributed by atoms with Crippen LogP contribution in [-0.4, -0.2) is 61.6 Å². The Morgan fingerprint density at radius 2 is 1.83 bits per heavy atom. The maximum atomic E-state index is 12.7. The van der Waals surface area contributed by atoms with Crippen LogP contribution in [0.25, 0.3) is 0 Å². The van der Waals surface area contributed by atoms with Crippen molar-refractivity contribution in [2.45, 2.75) is 25.4 Å². The Morgan fingerprint density at radius 3 is 2.38 bits per heavy atom. The van der Waals surface area contributed by atoms with Crippen LogP contribution >= 0.6 is 24.8 Å². The summed E-state index contributed by atoms with van der Waals surface area (Å²) in [6.45, 7) is 5.15. The Labute approximate surface area is 156 Å². The molecule has 5 nitrogen and oxygen atoms in total. The van der Waals surface area contributed by atoms with E-state index in [0.29, 0.717) is 19.1 Å². The van der Waals surface area contributed by atoms with Gasteiger partial charge in [0, 0.05) is 38.8 Å². The maximum Gasteiger partial charge on any atom is 0.237 e. The van der Waals surface area contributed by atoms with E-state index in [9.17, 15) is 4.79 Å². The second-order valence-corrected chi connectivity index (χ2v) is 6.13. The lowest BCUT2D eigenvalue weighted by atomic mass is 10.2. The molecule has 1 amide bonds. The third kappa shape index (κ3) is 5.81. The van der Waals surface area contributed by atoms with Crippen molar-refractivity contribution in [2.75, 3.05) is 39.8 Å². The van der Waals surface area contributed by atoms with Crippen LogP contribution in [0.2, 0.25) is 0 Å². The molecule has 0 atom stereocenters. The number of hydrogen-bond donors (Lipinski definition) is 1. The molecule has 1 aliphatic carbocycles. The number of piperazine rings is 1. The molecule has 1 aromatic carbocycles.